The van der Waals surface area contributed by atoms with Crippen LogP contribution in [0.2, 0.25) is 0 Å². The predicted molar refractivity (Wildman–Crippen MR) is 128 cm³/mol. The van der Waals surface area contributed by atoms with Gasteiger partial charge in [-0.1, -0.05) is 42.1 Å². The normalized spacial score (nSPS) is 13.9. The van der Waals surface area contributed by atoms with Crippen LogP contribution < -0.4 is 4.90 Å². The first-order valence-electron chi connectivity index (χ1n) is 10.5. The highest BCUT2D eigenvalue weighted by Gasteiger charge is 2.26. The number of rotatable bonds is 5. The smallest absolute Gasteiger partial charge is 0.234 e. The number of nitrogens with zero attached hydrogens (tertiary/aromatic N) is 6. The molecule has 1 fully saturated rings. The maximum Gasteiger partial charge on any atom is 0.234 e. The molecule has 1 aromatic carbocycles. The number of nitriles is 1. The first kappa shape index (κ1) is 21.4. The Morgan fingerprint density at radius 2 is 2.00 bits per heavy atom. The molecule has 1 saturated heterocycles. The van der Waals surface area contributed by atoms with Crippen molar-refractivity contribution in [3.63, 3.8) is 0 Å². The van der Waals surface area contributed by atoms with Gasteiger partial charge in [-0.25, -0.2) is 15.0 Å². The van der Waals surface area contributed by atoms with Gasteiger partial charge in [0.25, 0.3) is 0 Å². The fraction of sp³-hybridized carbons (Fsp3) is 0.261. The summed E-state index contributed by atoms with van der Waals surface area (Å²) >= 11 is 3.07. The lowest BCUT2D eigenvalue weighted by Crippen LogP contribution is -2.49. The second-order valence-corrected chi connectivity index (χ2v) is 9.52. The van der Waals surface area contributed by atoms with Crippen LogP contribution in [0.5, 0.6) is 0 Å². The number of piperazine rings is 1. The first-order chi connectivity index (χ1) is 16.1. The number of aryl methyl sites for hydroxylation is 1. The Morgan fingerprint density at radius 1 is 1.21 bits per heavy atom. The number of carbonyl (C=O) groups excluding carboxylic acids is 1. The van der Waals surface area contributed by atoms with Gasteiger partial charge in [-0.15, -0.1) is 11.3 Å². The predicted octanol–water partition coefficient (Wildman–Crippen LogP) is 3.97. The van der Waals surface area contributed by atoms with Crippen LogP contribution in [0.3, 0.4) is 0 Å². The Hall–Kier alpha value is -3.42. The van der Waals surface area contributed by atoms with Crippen molar-refractivity contribution in [3.8, 4) is 16.5 Å². The van der Waals surface area contributed by atoms with Gasteiger partial charge in [0.2, 0.25) is 17.5 Å². The van der Waals surface area contributed by atoms with Gasteiger partial charge in [0.05, 0.1) is 5.75 Å². The lowest BCUT2D eigenvalue weighted by molar-refractivity contribution is -0.128. The van der Waals surface area contributed by atoms with E-state index in [1.54, 1.807) is 24.6 Å². The third-order valence-corrected chi connectivity index (χ3v) is 7.51. The van der Waals surface area contributed by atoms with Crippen LogP contribution in [-0.2, 0) is 4.79 Å². The van der Waals surface area contributed by atoms with Crippen molar-refractivity contribution in [1.29, 1.82) is 5.26 Å². The lowest BCUT2D eigenvalue weighted by atomic mass is 10.2. The Morgan fingerprint density at radius 3 is 2.76 bits per heavy atom. The number of oxazole rings is 1. The molecule has 0 unspecified atom stereocenters. The van der Waals surface area contributed by atoms with Crippen LogP contribution in [0.1, 0.15) is 11.6 Å². The Kier molecular flexibility index (Phi) is 5.98. The van der Waals surface area contributed by atoms with Gasteiger partial charge in [0.1, 0.15) is 22.3 Å². The fourth-order valence-corrected chi connectivity index (χ4v) is 5.72. The van der Waals surface area contributed by atoms with Crippen LogP contribution in [0.4, 0.5) is 5.88 Å². The average molecular weight is 477 g/mol. The highest BCUT2D eigenvalue weighted by molar-refractivity contribution is 8.00. The zero-order chi connectivity index (χ0) is 22.8. The van der Waals surface area contributed by atoms with E-state index < -0.39 is 0 Å². The quantitative estimate of drug-likeness (QED) is 0.315. The molecule has 0 radical (unpaired) electrons. The molecule has 0 spiro atoms. The average Bonchev–Trinajstić information content (AvgIpc) is 3.47. The third kappa shape index (κ3) is 4.42. The third-order valence-electron chi connectivity index (χ3n) is 5.43. The molecule has 1 aliphatic rings. The maximum atomic E-state index is 12.9. The molecule has 0 aliphatic carbocycles. The van der Waals surface area contributed by atoms with Gasteiger partial charge in [0.15, 0.2) is 5.89 Å². The summed E-state index contributed by atoms with van der Waals surface area (Å²) in [5.41, 5.74) is 1.44. The Balaban J connectivity index is 1.23. The molecular weight excluding hydrogens is 456 g/mol. The van der Waals surface area contributed by atoms with E-state index in [0.717, 1.165) is 25.7 Å². The number of amides is 1. The van der Waals surface area contributed by atoms with Gasteiger partial charge < -0.3 is 14.2 Å². The molecule has 166 valence electrons. The molecule has 3 aromatic heterocycles. The molecule has 1 aliphatic heterocycles. The summed E-state index contributed by atoms with van der Waals surface area (Å²) in [5, 5.41) is 11.0. The molecular formula is C23H20N6O2S2. The molecule has 0 bridgehead atoms. The van der Waals surface area contributed by atoms with E-state index in [9.17, 15) is 10.1 Å². The van der Waals surface area contributed by atoms with Crippen LogP contribution in [0, 0.1) is 18.3 Å². The summed E-state index contributed by atoms with van der Waals surface area (Å²) in [7, 11) is 0. The Bertz CT molecular complexity index is 1340. The van der Waals surface area contributed by atoms with Crippen LogP contribution in [-0.4, -0.2) is 57.7 Å². The molecule has 0 atom stereocenters. The number of aromatic nitrogens is 3. The van der Waals surface area contributed by atoms with Gasteiger partial charge in [0, 0.05) is 43.4 Å². The summed E-state index contributed by atoms with van der Waals surface area (Å²) in [6.45, 7) is 4.06. The number of thioether (sulfide) groups is 1. The number of benzene rings is 1. The van der Waals surface area contributed by atoms with Crippen LogP contribution >= 0.6 is 23.1 Å². The topological polar surface area (TPSA) is 99.2 Å². The van der Waals surface area contributed by atoms with E-state index in [1.807, 2.05) is 28.0 Å². The standard InChI is InChI=1S/C23H20N6O2S2/c1-15-27-18(12-24)23(31-15)29-9-7-28(8-10-29)20(30)13-32-21-17-11-19(16-5-3-2-4-6-16)33-22(17)26-14-25-21/h2-6,11,14H,7-10,13H2,1H3. The van der Waals surface area contributed by atoms with Crippen LogP contribution in [0.15, 0.2) is 52.2 Å². The molecule has 33 heavy (non-hydrogen) atoms. The highest BCUT2D eigenvalue weighted by Crippen LogP contribution is 2.36. The summed E-state index contributed by atoms with van der Waals surface area (Å²) in [5.74, 6) is 1.34. The van der Waals surface area contributed by atoms with Crippen molar-refractivity contribution in [1.82, 2.24) is 19.9 Å². The second kappa shape index (κ2) is 9.21. The minimum absolute atomic E-state index is 0.0687. The number of thiophene rings is 1. The monoisotopic (exact) mass is 476 g/mol. The molecule has 4 heterocycles. The van der Waals surface area contributed by atoms with E-state index in [0.29, 0.717) is 49.4 Å². The van der Waals surface area contributed by atoms with Gasteiger partial charge in [-0.05, 0) is 11.6 Å². The van der Waals surface area contributed by atoms with Crippen molar-refractivity contribution < 1.29 is 9.21 Å². The second-order valence-electron chi connectivity index (χ2n) is 7.53. The number of carbonyl (C=O) groups is 1. The van der Waals surface area contributed by atoms with E-state index in [-0.39, 0.29) is 5.91 Å². The van der Waals surface area contributed by atoms with Crippen molar-refractivity contribution >= 4 is 45.1 Å². The molecule has 0 N–H and O–H groups in total. The fourth-order valence-electron chi connectivity index (χ4n) is 3.78. The van der Waals surface area contributed by atoms with Crippen molar-refractivity contribution in [3.05, 3.63) is 54.3 Å². The molecule has 10 heteroatoms. The van der Waals surface area contributed by atoms with Crippen molar-refractivity contribution in [2.24, 2.45) is 0 Å². The maximum absolute atomic E-state index is 12.9. The number of hydrogen-bond donors (Lipinski definition) is 0. The van der Waals surface area contributed by atoms with Crippen LogP contribution in [0.25, 0.3) is 20.7 Å². The summed E-state index contributed by atoms with van der Waals surface area (Å²) in [4.78, 5) is 31.7. The minimum Gasteiger partial charge on any atom is -0.424 e. The van der Waals surface area contributed by atoms with Gasteiger partial charge >= 0.3 is 0 Å². The molecule has 0 saturated carbocycles. The number of fused-ring (bicyclic) bond motifs is 1. The van der Waals surface area contributed by atoms with Crippen molar-refractivity contribution in [2.45, 2.75) is 11.9 Å². The zero-order valence-electron chi connectivity index (χ0n) is 17.9. The van der Waals surface area contributed by atoms with E-state index in [1.165, 1.54) is 11.8 Å². The zero-order valence-corrected chi connectivity index (χ0v) is 19.5. The first-order valence-corrected chi connectivity index (χ1v) is 12.3. The van der Waals surface area contributed by atoms with Gasteiger partial charge in [-0.2, -0.15) is 5.26 Å². The van der Waals surface area contributed by atoms with Crippen molar-refractivity contribution in [2.75, 3.05) is 36.8 Å². The SMILES string of the molecule is Cc1nc(C#N)c(N2CCN(C(=O)CSc3ncnc4sc(-c5ccccc5)cc34)CC2)o1. The summed E-state index contributed by atoms with van der Waals surface area (Å²) < 4.78 is 5.59. The highest BCUT2D eigenvalue weighted by atomic mass is 32.2. The van der Waals surface area contributed by atoms with E-state index >= 15 is 0 Å². The minimum atomic E-state index is 0.0687. The number of anilines is 1. The van der Waals surface area contributed by atoms with E-state index in [4.69, 9.17) is 4.42 Å². The summed E-state index contributed by atoms with van der Waals surface area (Å²) in [6, 6.07) is 14.4. The van der Waals surface area contributed by atoms with Gasteiger partial charge in [-0.3, -0.25) is 4.79 Å². The molecule has 4 aromatic rings. The molecule has 8 nitrogen and oxygen atoms in total. The number of hydrogen-bond acceptors (Lipinski definition) is 9. The van der Waals surface area contributed by atoms with E-state index in [2.05, 4.69) is 39.2 Å². The summed E-state index contributed by atoms with van der Waals surface area (Å²) in [6.07, 6.45) is 1.56. The molecule has 5 rings (SSSR count). The largest absolute Gasteiger partial charge is 0.424 e. The molecule has 1 amide bonds. The Labute approximate surface area is 198 Å². The lowest BCUT2D eigenvalue weighted by Gasteiger charge is -2.34.